The molecule has 28 heavy (non-hydrogen) atoms. The molecule has 0 N–H and O–H groups in total. The summed E-state index contributed by atoms with van der Waals surface area (Å²) >= 11 is 5.53. The molecule has 1 aliphatic heterocycles. The van der Waals surface area contributed by atoms with E-state index in [0.717, 1.165) is 21.7 Å². The van der Waals surface area contributed by atoms with E-state index in [1.54, 1.807) is 10.4 Å². The Morgan fingerprint density at radius 1 is 1.14 bits per heavy atom. The van der Waals surface area contributed by atoms with E-state index in [0.29, 0.717) is 43.7 Å². The van der Waals surface area contributed by atoms with Crippen LogP contribution >= 0.6 is 12.2 Å². The molecular weight excluding hydrogens is 394 g/mol. The molecule has 2 heterocycles. The Hall–Kier alpha value is -1.55. The predicted molar refractivity (Wildman–Crippen MR) is 110 cm³/mol. The van der Waals surface area contributed by atoms with Crippen molar-refractivity contribution in [2.45, 2.75) is 44.2 Å². The molecule has 0 amide bonds. The zero-order chi connectivity index (χ0) is 20.1. The molecule has 0 atom stereocenters. The van der Waals surface area contributed by atoms with Gasteiger partial charge in [-0.3, -0.25) is 4.90 Å². The highest BCUT2D eigenvalue weighted by Gasteiger charge is 2.31. The number of piperazine rings is 1. The standard InChI is InChI=1S/C19H27N5O2S2/c1-14-4-7-17(15(2)12-14)28(25,26)23-10-8-22(9-11-23)13-24-19(27)21(3)18(20-24)16-5-6-16/h4,7,12,16H,5-6,8-11,13H2,1-3H3. The van der Waals surface area contributed by atoms with Crippen LogP contribution in [0.3, 0.4) is 0 Å². The van der Waals surface area contributed by atoms with Gasteiger partial charge in [-0.1, -0.05) is 17.7 Å². The van der Waals surface area contributed by atoms with Gasteiger partial charge >= 0.3 is 0 Å². The van der Waals surface area contributed by atoms with Gasteiger partial charge in [0.15, 0.2) is 4.77 Å². The normalized spacial score (nSPS) is 19.2. The van der Waals surface area contributed by atoms with Gasteiger partial charge in [0, 0.05) is 39.1 Å². The van der Waals surface area contributed by atoms with E-state index in [4.69, 9.17) is 17.3 Å². The summed E-state index contributed by atoms with van der Waals surface area (Å²) in [6.45, 7) is 6.73. The van der Waals surface area contributed by atoms with E-state index in [9.17, 15) is 8.42 Å². The molecule has 4 rings (SSSR count). The maximum absolute atomic E-state index is 13.0. The van der Waals surface area contributed by atoms with Crippen molar-refractivity contribution in [3.05, 3.63) is 39.9 Å². The molecule has 1 saturated heterocycles. The number of hydrogen-bond donors (Lipinski definition) is 0. The highest BCUT2D eigenvalue weighted by atomic mass is 32.2. The van der Waals surface area contributed by atoms with E-state index in [2.05, 4.69) is 4.90 Å². The van der Waals surface area contributed by atoms with E-state index in [-0.39, 0.29) is 0 Å². The first-order valence-electron chi connectivity index (χ1n) is 9.71. The van der Waals surface area contributed by atoms with Gasteiger partial charge in [-0.2, -0.15) is 9.40 Å². The monoisotopic (exact) mass is 421 g/mol. The van der Waals surface area contributed by atoms with Gasteiger partial charge in [0.25, 0.3) is 0 Å². The van der Waals surface area contributed by atoms with Gasteiger partial charge < -0.3 is 4.57 Å². The maximum atomic E-state index is 13.0. The highest BCUT2D eigenvalue weighted by molar-refractivity contribution is 7.89. The number of rotatable bonds is 5. The van der Waals surface area contributed by atoms with Crippen molar-refractivity contribution < 1.29 is 8.42 Å². The lowest BCUT2D eigenvalue weighted by Gasteiger charge is -2.34. The molecular formula is C19H27N5O2S2. The van der Waals surface area contributed by atoms with Crippen molar-refractivity contribution in [2.24, 2.45) is 7.05 Å². The number of hydrogen-bond acceptors (Lipinski definition) is 5. The lowest BCUT2D eigenvalue weighted by atomic mass is 10.2. The van der Waals surface area contributed by atoms with Gasteiger partial charge in [0.1, 0.15) is 5.82 Å². The minimum atomic E-state index is -3.46. The van der Waals surface area contributed by atoms with E-state index in [1.165, 1.54) is 12.8 Å². The fourth-order valence-corrected chi connectivity index (χ4v) is 5.64. The second-order valence-corrected chi connectivity index (χ2v) is 10.2. The SMILES string of the molecule is Cc1ccc(S(=O)(=O)N2CCN(Cn3nc(C4CC4)n(C)c3=S)CC2)c(C)c1. The van der Waals surface area contributed by atoms with Gasteiger partial charge in [-0.25, -0.2) is 13.1 Å². The summed E-state index contributed by atoms with van der Waals surface area (Å²) in [5.74, 6) is 1.62. The van der Waals surface area contributed by atoms with Crippen molar-refractivity contribution in [3.63, 3.8) is 0 Å². The number of nitrogens with zero attached hydrogens (tertiary/aromatic N) is 5. The zero-order valence-electron chi connectivity index (χ0n) is 16.6. The third-order valence-corrected chi connectivity index (χ3v) is 8.17. The molecule has 0 bridgehead atoms. The van der Waals surface area contributed by atoms with Crippen molar-refractivity contribution >= 4 is 22.2 Å². The molecule has 1 saturated carbocycles. The molecule has 2 aliphatic rings. The average molecular weight is 422 g/mol. The number of benzene rings is 1. The topological polar surface area (TPSA) is 63.4 Å². The minimum absolute atomic E-state index is 0.410. The Morgan fingerprint density at radius 2 is 1.82 bits per heavy atom. The molecule has 7 nitrogen and oxygen atoms in total. The second kappa shape index (κ2) is 7.37. The molecule has 0 radical (unpaired) electrons. The highest BCUT2D eigenvalue weighted by Crippen LogP contribution is 2.38. The van der Waals surface area contributed by atoms with Crippen molar-refractivity contribution in [1.82, 2.24) is 23.6 Å². The van der Waals surface area contributed by atoms with Crippen LogP contribution in [0.2, 0.25) is 0 Å². The molecule has 9 heteroatoms. The van der Waals surface area contributed by atoms with Crippen molar-refractivity contribution in [1.29, 1.82) is 0 Å². The minimum Gasteiger partial charge on any atom is -0.307 e. The summed E-state index contributed by atoms with van der Waals surface area (Å²) in [4.78, 5) is 2.63. The first-order chi connectivity index (χ1) is 13.3. The number of aromatic nitrogens is 3. The summed E-state index contributed by atoms with van der Waals surface area (Å²) in [5, 5.41) is 4.70. The molecule has 1 aliphatic carbocycles. The number of aryl methyl sites for hydroxylation is 2. The zero-order valence-corrected chi connectivity index (χ0v) is 18.3. The Labute approximate surface area is 171 Å². The van der Waals surface area contributed by atoms with Crippen molar-refractivity contribution in [2.75, 3.05) is 26.2 Å². The molecule has 0 spiro atoms. The van der Waals surface area contributed by atoms with E-state index in [1.807, 2.05) is 42.3 Å². The van der Waals surface area contributed by atoms with E-state index < -0.39 is 10.0 Å². The Kier molecular flexibility index (Phi) is 5.20. The first kappa shape index (κ1) is 19.8. The molecule has 1 aromatic carbocycles. The van der Waals surface area contributed by atoms with Crippen LogP contribution in [0.5, 0.6) is 0 Å². The first-order valence-corrected chi connectivity index (χ1v) is 11.6. The molecule has 1 aromatic heterocycles. The molecule has 0 unspecified atom stereocenters. The largest absolute Gasteiger partial charge is 0.307 e. The van der Waals surface area contributed by atoms with Gasteiger partial charge in [-0.05, 0) is 50.5 Å². The second-order valence-electron chi connectivity index (χ2n) is 7.91. The predicted octanol–water partition coefficient (Wildman–Crippen LogP) is 2.41. The summed E-state index contributed by atoms with van der Waals surface area (Å²) in [6.07, 6.45) is 2.38. The van der Waals surface area contributed by atoms with Crippen LogP contribution < -0.4 is 0 Å². The van der Waals surface area contributed by atoms with Gasteiger partial charge in [0.2, 0.25) is 10.0 Å². The fourth-order valence-electron chi connectivity index (χ4n) is 3.82. The summed E-state index contributed by atoms with van der Waals surface area (Å²) in [5.41, 5.74) is 1.87. The molecule has 152 valence electrons. The maximum Gasteiger partial charge on any atom is 0.243 e. The Bertz CT molecular complexity index is 1040. The van der Waals surface area contributed by atoms with Crippen LogP contribution in [0, 0.1) is 18.6 Å². The quantitative estimate of drug-likeness (QED) is 0.694. The van der Waals surface area contributed by atoms with Crippen LogP contribution in [-0.2, 0) is 23.7 Å². The third kappa shape index (κ3) is 3.68. The Balaban J connectivity index is 1.43. The average Bonchev–Trinajstić information content (AvgIpc) is 3.45. The summed E-state index contributed by atoms with van der Waals surface area (Å²) < 4.78 is 32.3. The summed E-state index contributed by atoms with van der Waals surface area (Å²) in [6, 6.07) is 5.50. The van der Waals surface area contributed by atoms with Crippen LogP contribution in [0.4, 0.5) is 0 Å². The molecule has 2 fully saturated rings. The lowest BCUT2D eigenvalue weighted by Crippen LogP contribution is -2.49. The third-order valence-electron chi connectivity index (χ3n) is 5.63. The van der Waals surface area contributed by atoms with Gasteiger partial charge in [-0.15, -0.1) is 0 Å². The lowest BCUT2D eigenvalue weighted by molar-refractivity contribution is 0.144. The van der Waals surface area contributed by atoms with E-state index >= 15 is 0 Å². The summed E-state index contributed by atoms with van der Waals surface area (Å²) in [7, 11) is -1.48. The van der Waals surface area contributed by atoms with Crippen LogP contribution in [-0.4, -0.2) is 58.1 Å². The van der Waals surface area contributed by atoms with Crippen LogP contribution in [0.15, 0.2) is 23.1 Å². The van der Waals surface area contributed by atoms with Crippen LogP contribution in [0.25, 0.3) is 0 Å². The molecule has 2 aromatic rings. The Morgan fingerprint density at radius 3 is 2.43 bits per heavy atom. The van der Waals surface area contributed by atoms with Gasteiger partial charge in [0.05, 0.1) is 11.6 Å². The smallest absolute Gasteiger partial charge is 0.243 e. The fraction of sp³-hybridized carbons (Fsp3) is 0.579. The number of sulfonamides is 1. The van der Waals surface area contributed by atoms with Crippen molar-refractivity contribution in [3.8, 4) is 0 Å². The van der Waals surface area contributed by atoms with Crippen LogP contribution in [0.1, 0.15) is 35.7 Å².